The van der Waals surface area contributed by atoms with Crippen LogP contribution >= 0.6 is 50.6 Å². The molecule has 0 saturated carbocycles. The zero-order chi connectivity index (χ0) is 21.3. The first-order valence-corrected chi connectivity index (χ1v) is 11.7. The van der Waals surface area contributed by atoms with Crippen molar-refractivity contribution >= 4 is 56.5 Å². The highest BCUT2D eigenvalue weighted by Crippen LogP contribution is 2.41. The van der Waals surface area contributed by atoms with Gasteiger partial charge in [0, 0.05) is 22.2 Å². The highest BCUT2D eigenvalue weighted by Gasteiger charge is 2.29. The summed E-state index contributed by atoms with van der Waals surface area (Å²) in [5.41, 5.74) is 6.15. The third-order valence-electron chi connectivity index (χ3n) is 4.32. The number of aromatic nitrogens is 3. The van der Waals surface area contributed by atoms with E-state index in [2.05, 4.69) is 30.9 Å². The van der Waals surface area contributed by atoms with Crippen LogP contribution in [0, 0.1) is 11.2 Å². The second-order valence-electron chi connectivity index (χ2n) is 6.92. The van der Waals surface area contributed by atoms with Crippen molar-refractivity contribution in [2.45, 2.75) is 25.4 Å². The van der Waals surface area contributed by atoms with Gasteiger partial charge in [-0.05, 0) is 52.4 Å². The van der Waals surface area contributed by atoms with Crippen LogP contribution in [-0.2, 0) is 11.2 Å². The Hall–Kier alpha value is -1.55. The van der Waals surface area contributed by atoms with E-state index in [1.54, 1.807) is 26.1 Å². The van der Waals surface area contributed by atoms with Gasteiger partial charge in [-0.3, -0.25) is 4.79 Å². The zero-order valence-electron chi connectivity index (χ0n) is 15.8. The van der Waals surface area contributed by atoms with Crippen molar-refractivity contribution in [2.24, 2.45) is 11.1 Å². The molecule has 0 fully saturated rings. The van der Waals surface area contributed by atoms with E-state index >= 15 is 4.39 Å². The third-order valence-corrected chi connectivity index (χ3v) is 6.63. The number of thiazole rings is 1. The van der Waals surface area contributed by atoms with Crippen molar-refractivity contribution in [1.29, 1.82) is 0 Å². The van der Waals surface area contributed by atoms with Crippen LogP contribution in [0.5, 0.6) is 0 Å². The van der Waals surface area contributed by atoms with E-state index in [-0.39, 0.29) is 12.0 Å². The largest absolute Gasteiger partial charge is 0.369 e. The van der Waals surface area contributed by atoms with Crippen molar-refractivity contribution in [3.63, 3.8) is 0 Å². The molecule has 0 unspecified atom stereocenters. The normalized spacial score (nSPS) is 11.7. The predicted octanol–water partition coefficient (Wildman–Crippen LogP) is 5.60. The number of hydrogen-bond donors (Lipinski definition) is 1. The molecule has 0 radical (unpaired) electrons. The molecular weight excluding hydrogens is 499 g/mol. The molecular formula is C19H17BrClFN4OS2. The number of carbonyl (C=O) groups excluding carboxylic acids is 1. The molecule has 1 aromatic carbocycles. The van der Waals surface area contributed by atoms with Gasteiger partial charge in [-0.1, -0.05) is 37.2 Å². The summed E-state index contributed by atoms with van der Waals surface area (Å²) in [5.74, 6) is -0.997. The van der Waals surface area contributed by atoms with Gasteiger partial charge in [0.1, 0.15) is 5.82 Å². The molecule has 10 heteroatoms. The zero-order valence-corrected chi connectivity index (χ0v) is 19.8. The van der Waals surface area contributed by atoms with E-state index in [0.717, 1.165) is 0 Å². The summed E-state index contributed by atoms with van der Waals surface area (Å²) >= 11 is 12.4. The third kappa shape index (κ3) is 4.79. The van der Waals surface area contributed by atoms with Crippen LogP contribution in [0.1, 0.15) is 19.4 Å². The van der Waals surface area contributed by atoms with E-state index in [1.807, 2.05) is 6.26 Å². The molecule has 5 nitrogen and oxygen atoms in total. The van der Waals surface area contributed by atoms with E-state index in [4.69, 9.17) is 17.3 Å². The highest BCUT2D eigenvalue weighted by atomic mass is 79.9. The second-order valence-corrected chi connectivity index (χ2v) is 10.4. The number of nitrogens with two attached hydrogens (primary N) is 1. The lowest BCUT2D eigenvalue weighted by Crippen LogP contribution is -2.33. The maximum Gasteiger partial charge on any atom is 0.223 e. The molecule has 3 rings (SSSR count). The van der Waals surface area contributed by atoms with Crippen LogP contribution in [0.3, 0.4) is 0 Å². The van der Waals surface area contributed by atoms with Gasteiger partial charge in [-0.2, -0.15) is 0 Å². The number of halogens is 3. The van der Waals surface area contributed by atoms with Gasteiger partial charge in [0.25, 0.3) is 0 Å². The van der Waals surface area contributed by atoms with Crippen LogP contribution in [0.4, 0.5) is 4.39 Å². The summed E-state index contributed by atoms with van der Waals surface area (Å²) in [6.45, 7) is 3.34. The van der Waals surface area contributed by atoms with Crippen LogP contribution in [0.15, 0.2) is 33.5 Å². The summed E-state index contributed by atoms with van der Waals surface area (Å²) in [4.78, 5) is 25.6. The van der Waals surface area contributed by atoms with Crippen molar-refractivity contribution in [1.82, 2.24) is 15.0 Å². The summed E-state index contributed by atoms with van der Waals surface area (Å²) in [6, 6.07) is 4.80. The van der Waals surface area contributed by atoms with Gasteiger partial charge in [0.05, 0.1) is 16.3 Å². The lowest BCUT2D eigenvalue weighted by Gasteiger charge is -2.21. The summed E-state index contributed by atoms with van der Waals surface area (Å²) in [7, 11) is 0. The Labute approximate surface area is 189 Å². The van der Waals surface area contributed by atoms with E-state index < -0.39 is 17.1 Å². The summed E-state index contributed by atoms with van der Waals surface area (Å²) in [5, 5.41) is 0.952. The Kier molecular flexibility index (Phi) is 6.62. The van der Waals surface area contributed by atoms with E-state index in [9.17, 15) is 4.79 Å². The van der Waals surface area contributed by atoms with Gasteiger partial charge in [0.15, 0.2) is 9.07 Å². The molecule has 2 heterocycles. The lowest BCUT2D eigenvalue weighted by molar-refractivity contribution is -0.125. The first-order chi connectivity index (χ1) is 13.6. The van der Waals surface area contributed by atoms with Gasteiger partial charge in [-0.15, -0.1) is 11.3 Å². The van der Waals surface area contributed by atoms with E-state index in [1.165, 1.54) is 35.2 Å². The summed E-state index contributed by atoms with van der Waals surface area (Å²) in [6.07, 6.45) is 3.65. The van der Waals surface area contributed by atoms with Crippen molar-refractivity contribution in [2.75, 3.05) is 6.26 Å². The standard InChI is InChI=1S/C19H17BrClFN4OS2/c1-19(2,16(23)27)8-9-6-10(21)7-11(13(9)22)14-15(29-17(20)26-14)12-4-5-24-18(25-12)28-3/h4-7H,8H2,1-3H3,(H2,23,27). The Morgan fingerprint density at radius 2 is 2.10 bits per heavy atom. The Morgan fingerprint density at radius 1 is 1.38 bits per heavy atom. The van der Waals surface area contributed by atoms with Gasteiger partial charge >= 0.3 is 0 Å². The first-order valence-electron chi connectivity index (χ1n) is 8.44. The fourth-order valence-corrected chi connectivity index (χ4v) is 4.76. The number of benzene rings is 1. The Morgan fingerprint density at radius 3 is 2.76 bits per heavy atom. The van der Waals surface area contributed by atoms with Gasteiger partial charge in [0.2, 0.25) is 5.91 Å². The smallest absolute Gasteiger partial charge is 0.223 e. The fraction of sp³-hybridized carbons (Fsp3) is 0.263. The fourth-order valence-electron chi connectivity index (χ4n) is 2.73. The van der Waals surface area contributed by atoms with Crippen molar-refractivity contribution < 1.29 is 9.18 Å². The molecule has 3 aromatic rings. The Balaban J connectivity index is 2.16. The molecule has 29 heavy (non-hydrogen) atoms. The maximum absolute atomic E-state index is 15.5. The summed E-state index contributed by atoms with van der Waals surface area (Å²) < 4.78 is 16.1. The minimum Gasteiger partial charge on any atom is -0.369 e. The van der Waals surface area contributed by atoms with Gasteiger partial charge in [-0.25, -0.2) is 19.3 Å². The van der Waals surface area contributed by atoms with Gasteiger partial charge < -0.3 is 5.73 Å². The molecule has 0 atom stereocenters. The average molecular weight is 516 g/mol. The molecule has 152 valence electrons. The quantitative estimate of drug-likeness (QED) is 0.341. The molecule has 1 amide bonds. The number of hydrogen-bond acceptors (Lipinski definition) is 6. The SMILES string of the molecule is CSc1nccc(-c2sc(Br)nc2-c2cc(Cl)cc(CC(C)(C)C(N)=O)c2F)n1. The van der Waals surface area contributed by atoms with Crippen LogP contribution in [0.2, 0.25) is 5.02 Å². The number of nitrogens with zero attached hydrogens (tertiary/aromatic N) is 3. The molecule has 0 aliphatic rings. The first kappa shape index (κ1) is 22.1. The molecule has 0 spiro atoms. The number of thioether (sulfide) groups is 1. The molecule has 0 bridgehead atoms. The van der Waals surface area contributed by atoms with Crippen LogP contribution in [0.25, 0.3) is 21.8 Å². The number of rotatable bonds is 6. The monoisotopic (exact) mass is 514 g/mol. The minimum absolute atomic E-state index is 0.118. The molecule has 0 saturated heterocycles. The second kappa shape index (κ2) is 8.67. The number of carbonyl (C=O) groups is 1. The van der Waals surface area contributed by atoms with Crippen molar-refractivity contribution in [3.05, 3.63) is 44.7 Å². The maximum atomic E-state index is 15.5. The molecule has 0 aliphatic carbocycles. The predicted molar refractivity (Wildman–Crippen MR) is 120 cm³/mol. The van der Waals surface area contributed by atoms with Crippen LogP contribution in [-0.4, -0.2) is 27.1 Å². The Bertz CT molecular complexity index is 1090. The van der Waals surface area contributed by atoms with E-state index in [0.29, 0.717) is 35.9 Å². The lowest BCUT2D eigenvalue weighted by atomic mass is 9.84. The molecule has 2 aromatic heterocycles. The average Bonchev–Trinajstić information content (AvgIpc) is 3.05. The minimum atomic E-state index is -0.922. The van der Waals surface area contributed by atoms with Crippen LogP contribution < -0.4 is 5.73 Å². The number of amides is 1. The van der Waals surface area contributed by atoms with Crippen molar-refractivity contribution in [3.8, 4) is 21.8 Å². The topological polar surface area (TPSA) is 81.8 Å². The number of primary amides is 1. The highest BCUT2D eigenvalue weighted by molar-refractivity contribution is 9.11. The molecule has 2 N–H and O–H groups in total. The molecule has 0 aliphatic heterocycles.